The summed E-state index contributed by atoms with van der Waals surface area (Å²) in [6.07, 6.45) is 4.78. The van der Waals surface area contributed by atoms with Gasteiger partial charge in [0.25, 0.3) is 0 Å². The molecule has 1 aromatic rings. The molecule has 1 aliphatic carbocycles. The van der Waals surface area contributed by atoms with Crippen LogP contribution in [-0.2, 0) is 4.74 Å². The van der Waals surface area contributed by atoms with Gasteiger partial charge in [-0.25, -0.2) is 0 Å². The molecule has 1 fully saturated rings. The first-order valence-corrected chi connectivity index (χ1v) is 7.66. The summed E-state index contributed by atoms with van der Waals surface area (Å²) in [7, 11) is 3.53. The van der Waals surface area contributed by atoms with Crippen LogP contribution in [0.4, 0.5) is 0 Å². The fraction of sp³-hybridized carbons (Fsp3) is 0.647. The van der Waals surface area contributed by atoms with Crippen molar-refractivity contribution in [2.24, 2.45) is 0 Å². The van der Waals surface area contributed by atoms with Gasteiger partial charge in [-0.15, -0.1) is 0 Å². The van der Waals surface area contributed by atoms with Gasteiger partial charge in [0, 0.05) is 19.2 Å². The third kappa shape index (κ3) is 3.74. The lowest BCUT2D eigenvalue weighted by molar-refractivity contribution is 0.141. The van der Waals surface area contributed by atoms with Crippen molar-refractivity contribution in [3.63, 3.8) is 0 Å². The number of rotatable bonds is 8. The Morgan fingerprint density at radius 3 is 2.65 bits per heavy atom. The van der Waals surface area contributed by atoms with E-state index in [0.717, 1.165) is 12.4 Å². The summed E-state index contributed by atoms with van der Waals surface area (Å²) < 4.78 is 10.7. The van der Waals surface area contributed by atoms with E-state index in [1.165, 1.54) is 31.2 Å². The normalized spacial score (nSPS) is 23.1. The lowest BCUT2D eigenvalue weighted by Gasteiger charge is -2.39. The fourth-order valence-electron chi connectivity index (χ4n) is 3.11. The van der Waals surface area contributed by atoms with Crippen molar-refractivity contribution in [2.75, 3.05) is 20.8 Å². The van der Waals surface area contributed by atoms with Gasteiger partial charge in [0.15, 0.2) is 0 Å². The van der Waals surface area contributed by atoms with Crippen molar-refractivity contribution in [2.45, 2.75) is 50.6 Å². The fourth-order valence-corrected chi connectivity index (χ4v) is 3.11. The third-order valence-corrected chi connectivity index (χ3v) is 4.19. The molecule has 1 saturated carbocycles. The first-order valence-electron chi connectivity index (χ1n) is 7.66. The highest BCUT2D eigenvalue weighted by Crippen LogP contribution is 2.41. The number of hydrogen-bond acceptors (Lipinski definition) is 3. The van der Waals surface area contributed by atoms with E-state index in [1.54, 1.807) is 14.2 Å². The quantitative estimate of drug-likeness (QED) is 0.790. The maximum Gasteiger partial charge on any atom is 0.122 e. The molecule has 2 rings (SSSR count). The summed E-state index contributed by atoms with van der Waals surface area (Å²) in [6, 6.07) is 9.50. The Hall–Kier alpha value is -1.06. The van der Waals surface area contributed by atoms with Crippen molar-refractivity contribution in [3.05, 3.63) is 29.8 Å². The molecular formula is C17H27NO2. The van der Waals surface area contributed by atoms with Gasteiger partial charge in [0.1, 0.15) is 5.75 Å². The van der Waals surface area contributed by atoms with Gasteiger partial charge in [-0.1, -0.05) is 31.5 Å². The van der Waals surface area contributed by atoms with Crippen LogP contribution in [0.5, 0.6) is 5.75 Å². The first-order chi connectivity index (χ1) is 9.78. The molecule has 3 heteroatoms. The van der Waals surface area contributed by atoms with E-state index in [-0.39, 0.29) is 0 Å². The largest absolute Gasteiger partial charge is 0.496 e. The average molecular weight is 277 g/mol. The Labute approximate surface area is 122 Å². The maximum atomic E-state index is 5.46. The summed E-state index contributed by atoms with van der Waals surface area (Å²) in [5, 5.41) is 3.73. The van der Waals surface area contributed by atoms with Crippen LogP contribution in [0, 0.1) is 0 Å². The van der Waals surface area contributed by atoms with E-state index in [0.29, 0.717) is 18.0 Å². The molecular weight excluding hydrogens is 250 g/mol. The number of ether oxygens (including phenoxy) is 2. The molecule has 1 aliphatic rings. The minimum absolute atomic E-state index is 0.494. The Morgan fingerprint density at radius 2 is 2.00 bits per heavy atom. The van der Waals surface area contributed by atoms with Crippen molar-refractivity contribution in [1.29, 1.82) is 0 Å². The predicted octanol–water partition coefficient (Wildman–Crippen LogP) is 3.35. The second-order valence-electron chi connectivity index (χ2n) is 5.71. The number of hydrogen-bond donors (Lipinski definition) is 1. The second kappa shape index (κ2) is 7.65. The lowest BCUT2D eigenvalue weighted by Crippen LogP contribution is -2.47. The minimum Gasteiger partial charge on any atom is -0.496 e. The van der Waals surface area contributed by atoms with Gasteiger partial charge < -0.3 is 14.8 Å². The van der Waals surface area contributed by atoms with Crippen LogP contribution in [0.15, 0.2) is 24.3 Å². The zero-order valence-electron chi connectivity index (χ0n) is 12.9. The number of nitrogens with one attached hydrogen (secondary N) is 1. The summed E-state index contributed by atoms with van der Waals surface area (Å²) in [6.45, 7) is 3.03. The second-order valence-corrected chi connectivity index (χ2v) is 5.71. The highest BCUT2D eigenvalue weighted by molar-refractivity contribution is 5.37. The summed E-state index contributed by atoms with van der Waals surface area (Å²) in [4.78, 5) is 0. The molecule has 1 aromatic carbocycles. The van der Waals surface area contributed by atoms with Crippen LogP contribution >= 0.6 is 0 Å². The van der Waals surface area contributed by atoms with Crippen molar-refractivity contribution in [1.82, 2.24) is 5.32 Å². The van der Waals surface area contributed by atoms with Gasteiger partial charge in [0.05, 0.1) is 13.7 Å². The average Bonchev–Trinajstić information content (AvgIpc) is 2.43. The highest BCUT2D eigenvalue weighted by atomic mass is 16.5. The maximum absolute atomic E-state index is 5.46. The van der Waals surface area contributed by atoms with Gasteiger partial charge >= 0.3 is 0 Å². The standard InChI is InChI=1S/C17H27NO2/c1-4-7-14(12-19-2)18-15-10-13(11-15)16-8-5-6-9-17(16)20-3/h5-6,8-9,13-15,18H,4,7,10-12H2,1-3H3. The lowest BCUT2D eigenvalue weighted by atomic mass is 9.75. The topological polar surface area (TPSA) is 30.5 Å². The summed E-state index contributed by atoms with van der Waals surface area (Å²) in [5.74, 6) is 1.66. The number of para-hydroxylation sites is 1. The Balaban J connectivity index is 1.84. The Bertz CT molecular complexity index is 396. The zero-order chi connectivity index (χ0) is 14.4. The van der Waals surface area contributed by atoms with Crippen molar-refractivity contribution < 1.29 is 9.47 Å². The molecule has 1 N–H and O–H groups in total. The third-order valence-electron chi connectivity index (χ3n) is 4.19. The monoisotopic (exact) mass is 277 g/mol. The van der Waals surface area contributed by atoms with Crippen LogP contribution in [0.2, 0.25) is 0 Å². The van der Waals surface area contributed by atoms with Gasteiger partial charge in [-0.3, -0.25) is 0 Å². The van der Waals surface area contributed by atoms with Crippen LogP contribution in [0.3, 0.4) is 0 Å². The summed E-state index contributed by atoms with van der Waals surface area (Å²) >= 11 is 0. The molecule has 0 aliphatic heterocycles. The number of benzene rings is 1. The molecule has 0 bridgehead atoms. The molecule has 112 valence electrons. The van der Waals surface area contributed by atoms with Crippen LogP contribution < -0.4 is 10.1 Å². The Kier molecular flexibility index (Phi) is 5.86. The smallest absolute Gasteiger partial charge is 0.122 e. The molecule has 0 spiro atoms. The first kappa shape index (κ1) is 15.3. The number of methoxy groups -OCH3 is 2. The van der Waals surface area contributed by atoms with Crippen LogP contribution in [0.25, 0.3) is 0 Å². The molecule has 1 unspecified atom stereocenters. The van der Waals surface area contributed by atoms with E-state index < -0.39 is 0 Å². The molecule has 0 heterocycles. The predicted molar refractivity (Wildman–Crippen MR) is 82.5 cm³/mol. The molecule has 3 nitrogen and oxygen atoms in total. The minimum atomic E-state index is 0.494. The molecule has 0 saturated heterocycles. The molecule has 0 amide bonds. The summed E-state index contributed by atoms with van der Waals surface area (Å²) in [5.41, 5.74) is 1.35. The van der Waals surface area contributed by atoms with Gasteiger partial charge in [-0.2, -0.15) is 0 Å². The van der Waals surface area contributed by atoms with Crippen molar-refractivity contribution in [3.8, 4) is 5.75 Å². The van der Waals surface area contributed by atoms with E-state index in [9.17, 15) is 0 Å². The van der Waals surface area contributed by atoms with E-state index >= 15 is 0 Å². The molecule has 0 aromatic heterocycles. The van der Waals surface area contributed by atoms with Crippen LogP contribution in [-0.4, -0.2) is 32.9 Å². The van der Waals surface area contributed by atoms with E-state index in [2.05, 4.69) is 30.4 Å². The van der Waals surface area contributed by atoms with Gasteiger partial charge in [0.2, 0.25) is 0 Å². The molecule has 20 heavy (non-hydrogen) atoms. The SMILES string of the molecule is CCCC(COC)NC1CC(c2ccccc2OC)C1. The Morgan fingerprint density at radius 1 is 1.25 bits per heavy atom. The molecule has 0 radical (unpaired) electrons. The van der Waals surface area contributed by atoms with E-state index in [4.69, 9.17) is 9.47 Å². The van der Waals surface area contributed by atoms with Crippen LogP contribution in [0.1, 0.15) is 44.1 Å². The highest BCUT2D eigenvalue weighted by Gasteiger charge is 2.32. The molecule has 1 atom stereocenters. The van der Waals surface area contributed by atoms with Crippen molar-refractivity contribution >= 4 is 0 Å². The van der Waals surface area contributed by atoms with Gasteiger partial charge in [-0.05, 0) is 36.8 Å². The van der Waals surface area contributed by atoms with E-state index in [1.807, 2.05) is 6.07 Å². The zero-order valence-corrected chi connectivity index (χ0v) is 12.9.